The lowest BCUT2D eigenvalue weighted by atomic mass is 10.2. The van der Waals surface area contributed by atoms with E-state index in [1.165, 1.54) is 6.33 Å². The molecule has 0 atom stereocenters. The van der Waals surface area contributed by atoms with E-state index in [4.69, 9.17) is 9.47 Å². The molecule has 0 aliphatic carbocycles. The molecule has 0 N–H and O–H groups in total. The van der Waals surface area contributed by atoms with Crippen molar-refractivity contribution < 1.29 is 9.47 Å². The number of aromatic nitrogens is 5. The average Bonchev–Trinajstić information content (AvgIpc) is 3.42. The van der Waals surface area contributed by atoms with Crippen molar-refractivity contribution >= 4 is 0 Å². The second-order valence-electron chi connectivity index (χ2n) is 5.55. The molecule has 2 aromatic carbocycles. The van der Waals surface area contributed by atoms with Crippen molar-refractivity contribution in [3.8, 4) is 34.3 Å². The maximum absolute atomic E-state index is 5.46. The highest BCUT2D eigenvalue weighted by molar-refractivity contribution is 5.64. The van der Waals surface area contributed by atoms with Crippen LogP contribution in [-0.2, 0) is 0 Å². The fourth-order valence-corrected chi connectivity index (χ4v) is 2.87. The second kappa shape index (κ2) is 5.48. The first kappa shape index (κ1) is 13.8. The Morgan fingerprint density at radius 2 is 1.76 bits per heavy atom. The summed E-state index contributed by atoms with van der Waals surface area (Å²) in [6.07, 6.45) is 6.90. The average molecular weight is 331 g/mol. The molecule has 1 aliphatic heterocycles. The van der Waals surface area contributed by atoms with Gasteiger partial charge in [0.05, 0.1) is 5.69 Å². The van der Waals surface area contributed by atoms with E-state index in [0.717, 1.165) is 34.3 Å². The molecule has 7 nitrogen and oxygen atoms in total. The molecule has 0 radical (unpaired) electrons. The molecular formula is C18H13N5O2. The van der Waals surface area contributed by atoms with Gasteiger partial charge in [-0.05, 0) is 42.5 Å². The van der Waals surface area contributed by atoms with Crippen LogP contribution in [-0.4, -0.2) is 31.1 Å². The lowest BCUT2D eigenvalue weighted by Crippen LogP contribution is -1.98. The Morgan fingerprint density at radius 1 is 0.920 bits per heavy atom. The summed E-state index contributed by atoms with van der Waals surface area (Å²) in [7, 11) is 0. The summed E-state index contributed by atoms with van der Waals surface area (Å²) in [6.45, 7) is 0.261. The normalized spacial score (nSPS) is 12.5. The topological polar surface area (TPSA) is 67.0 Å². The van der Waals surface area contributed by atoms with Crippen LogP contribution in [0.4, 0.5) is 0 Å². The lowest BCUT2D eigenvalue weighted by Gasteiger charge is -2.09. The molecule has 122 valence electrons. The van der Waals surface area contributed by atoms with E-state index in [-0.39, 0.29) is 6.79 Å². The van der Waals surface area contributed by atoms with Crippen molar-refractivity contribution in [3.63, 3.8) is 0 Å². The Balaban J connectivity index is 1.53. The molecule has 0 bridgehead atoms. The summed E-state index contributed by atoms with van der Waals surface area (Å²) >= 11 is 0. The van der Waals surface area contributed by atoms with Gasteiger partial charge in [0.2, 0.25) is 6.79 Å². The zero-order valence-electron chi connectivity index (χ0n) is 13.1. The SMILES string of the molecule is c1cn(-c2ccc(-n3cncn3)cc2)c(-c2ccc3c(c2)OCO3)n1. The minimum absolute atomic E-state index is 0.261. The first-order valence-electron chi connectivity index (χ1n) is 7.77. The highest BCUT2D eigenvalue weighted by atomic mass is 16.7. The Bertz CT molecular complexity index is 1020. The largest absolute Gasteiger partial charge is 0.454 e. The van der Waals surface area contributed by atoms with Crippen LogP contribution in [0, 0.1) is 0 Å². The van der Waals surface area contributed by atoms with Crippen LogP contribution in [0.2, 0.25) is 0 Å². The zero-order valence-corrected chi connectivity index (χ0v) is 13.1. The summed E-state index contributed by atoms with van der Waals surface area (Å²) in [6, 6.07) is 13.9. The van der Waals surface area contributed by atoms with Crippen LogP contribution in [0.1, 0.15) is 0 Å². The Hall–Kier alpha value is -3.61. The molecule has 0 saturated carbocycles. The van der Waals surface area contributed by atoms with Crippen molar-refractivity contribution in [2.45, 2.75) is 0 Å². The van der Waals surface area contributed by atoms with Crippen LogP contribution in [0.25, 0.3) is 22.8 Å². The summed E-state index contributed by atoms with van der Waals surface area (Å²) in [5.74, 6) is 2.35. The Kier molecular flexibility index (Phi) is 3.03. The van der Waals surface area contributed by atoms with Gasteiger partial charge in [-0.25, -0.2) is 14.6 Å². The second-order valence-corrected chi connectivity index (χ2v) is 5.55. The number of fused-ring (bicyclic) bond motifs is 1. The number of benzene rings is 2. The van der Waals surface area contributed by atoms with Gasteiger partial charge >= 0.3 is 0 Å². The lowest BCUT2D eigenvalue weighted by molar-refractivity contribution is 0.174. The summed E-state index contributed by atoms with van der Waals surface area (Å²) in [4.78, 5) is 8.47. The number of rotatable bonds is 3. The molecule has 3 heterocycles. The van der Waals surface area contributed by atoms with E-state index in [1.54, 1.807) is 17.2 Å². The maximum atomic E-state index is 5.46. The van der Waals surface area contributed by atoms with E-state index in [9.17, 15) is 0 Å². The predicted molar refractivity (Wildman–Crippen MR) is 90.0 cm³/mol. The van der Waals surface area contributed by atoms with Crippen LogP contribution in [0.3, 0.4) is 0 Å². The molecule has 25 heavy (non-hydrogen) atoms. The van der Waals surface area contributed by atoms with Gasteiger partial charge in [0, 0.05) is 23.6 Å². The fraction of sp³-hybridized carbons (Fsp3) is 0.0556. The maximum Gasteiger partial charge on any atom is 0.231 e. The molecule has 0 saturated heterocycles. The minimum atomic E-state index is 0.261. The van der Waals surface area contributed by atoms with E-state index in [1.807, 2.05) is 53.2 Å². The van der Waals surface area contributed by atoms with Gasteiger partial charge in [0.15, 0.2) is 11.5 Å². The molecule has 1 aliphatic rings. The van der Waals surface area contributed by atoms with E-state index in [2.05, 4.69) is 15.1 Å². The minimum Gasteiger partial charge on any atom is -0.454 e. The van der Waals surface area contributed by atoms with E-state index >= 15 is 0 Å². The zero-order chi connectivity index (χ0) is 16.6. The van der Waals surface area contributed by atoms with Crippen molar-refractivity contribution in [2.75, 3.05) is 6.79 Å². The van der Waals surface area contributed by atoms with Crippen molar-refractivity contribution in [1.29, 1.82) is 0 Å². The number of ether oxygens (including phenoxy) is 2. The van der Waals surface area contributed by atoms with Crippen LogP contribution >= 0.6 is 0 Å². The predicted octanol–water partition coefficient (Wildman–Crippen LogP) is 2.85. The quantitative estimate of drug-likeness (QED) is 0.577. The smallest absolute Gasteiger partial charge is 0.231 e. The Morgan fingerprint density at radius 3 is 2.60 bits per heavy atom. The van der Waals surface area contributed by atoms with Crippen molar-refractivity contribution in [1.82, 2.24) is 24.3 Å². The monoisotopic (exact) mass is 331 g/mol. The van der Waals surface area contributed by atoms with Gasteiger partial charge < -0.3 is 9.47 Å². The molecule has 7 heteroatoms. The van der Waals surface area contributed by atoms with Crippen LogP contribution in [0.5, 0.6) is 11.5 Å². The molecule has 5 rings (SSSR count). The van der Waals surface area contributed by atoms with Crippen LogP contribution in [0.15, 0.2) is 67.5 Å². The van der Waals surface area contributed by atoms with E-state index < -0.39 is 0 Å². The van der Waals surface area contributed by atoms with Crippen LogP contribution < -0.4 is 9.47 Å². The summed E-state index contributed by atoms with van der Waals surface area (Å²) in [5, 5.41) is 4.14. The number of nitrogens with zero attached hydrogens (tertiary/aromatic N) is 5. The van der Waals surface area contributed by atoms with E-state index in [0.29, 0.717) is 0 Å². The van der Waals surface area contributed by atoms with Gasteiger partial charge in [0.1, 0.15) is 18.5 Å². The van der Waals surface area contributed by atoms with Crippen molar-refractivity contribution in [2.24, 2.45) is 0 Å². The molecule has 0 spiro atoms. The molecule has 2 aromatic heterocycles. The third-order valence-electron chi connectivity index (χ3n) is 4.08. The van der Waals surface area contributed by atoms with Gasteiger partial charge in [-0.15, -0.1) is 0 Å². The molecule has 0 unspecified atom stereocenters. The highest BCUT2D eigenvalue weighted by Gasteiger charge is 2.16. The van der Waals surface area contributed by atoms with Gasteiger partial charge in [-0.1, -0.05) is 0 Å². The molecular weight excluding hydrogens is 318 g/mol. The molecule has 4 aromatic rings. The third kappa shape index (κ3) is 2.33. The van der Waals surface area contributed by atoms with Crippen molar-refractivity contribution in [3.05, 3.63) is 67.5 Å². The summed E-state index contributed by atoms with van der Waals surface area (Å²) in [5.41, 5.74) is 2.93. The highest BCUT2D eigenvalue weighted by Crippen LogP contribution is 2.35. The first-order valence-corrected chi connectivity index (χ1v) is 7.77. The molecule has 0 fully saturated rings. The standard InChI is InChI=1S/C18H13N5O2/c1-6-16-17(25-12-24-16)9-13(1)18-20-7-8-22(18)14-2-4-15(5-3-14)23-11-19-10-21-23/h1-11H,12H2. The Labute approximate surface area is 143 Å². The number of imidazole rings is 1. The fourth-order valence-electron chi connectivity index (χ4n) is 2.87. The number of hydrogen-bond acceptors (Lipinski definition) is 5. The van der Waals surface area contributed by atoms with Gasteiger partial charge in [-0.2, -0.15) is 5.10 Å². The summed E-state index contributed by atoms with van der Waals surface area (Å²) < 4.78 is 14.6. The third-order valence-corrected chi connectivity index (χ3v) is 4.08. The first-order chi connectivity index (χ1) is 12.4. The van der Waals surface area contributed by atoms with Gasteiger partial charge in [-0.3, -0.25) is 4.57 Å². The van der Waals surface area contributed by atoms with Gasteiger partial charge in [0.25, 0.3) is 0 Å². The number of hydrogen-bond donors (Lipinski definition) is 0. The molecule has 0 amide bonds.